The average Bonchev–Trinajstić information content (AvgIpc) is 2.04. The second kappa shape index (κ2) is 3.66. The molecule has 1 amide bonds. The summed E-state index contributed by atoms with van der Waals surface area (Å²) < 4.78 is 0. The van der Waals surface area contributed by atoms with Crippen LogP contribution in [-0.4, -0.2) is 17.6 Å². The fraction of sp³-hybridized carbons (Fsp3) is 0.125. The van der Waals surface area contributed by atoms with E-state index in [-0.39, 0.29) is 11.5 Å². The Kier molecular flexibility index (Phi) is 2.59. The maximum atomic E-state index is 11.3. The van der Waals surface area contributed by atoms with Gasteiger partial charge in [-0.25, -0.2) is 9.98 Å². The maximum Gasteiger partial charge on any atom is 0.261 e. The third-order valence-corrected chi connectivity index (χ3v) is 1.43. The van der Waals surface area contributed by atoms with Crippen molar-refractivity contribution in [2.24, 2.45) is 15.7 Å². The van der Waals surface area contributed by atoms with Gasteiger partial charge in [0, 0.05) is 12.4 Å². The normalized spacial score (nSPS) is 22.8. The molecule has 1 heterocycles. The van der Waals surface area contributed by atoms with Crippen molar-refractivity contribution < 1.29 is 4.79 Å². The zero-order valence-corrected chi connectivity index (χ0v) is 7.24. The maximum absolute atomic E-state index is 11.3. The van der Waals surface area contributed by atoms with Crippen molar-refractivity contribution >= 4 is 17.6 Å². The number of carbonyl (C=O) groups is 1. The van der Waals surface area contributed by atoms with Crippen LogP contribution in [0, 0.1) is 0 Å². The number of aliphatic imine (C=N–C) groups is 2. The van der Waals surface area contributed by atoms with Crippen LogP contribution in [-0.2, 0) is 4.79 Å². The van der Waals surface area contributed by atoms with E-state index in [1.54, 1.807) is 6.92 Å². The Labute approximate surface area is 75.8 Å². The molecule has 68 valence electrons. The standard InChI is InChI=1S/C8H10N4O/c1-3-10-7-6(4-9)8(13)12-5(2)11-7/h3-4H,1,9H2,2H3,(H,10,11,12,13)/b6-4+. The zero-order chi connectivity index (χ0) is 9.84. The molecule has 0 saturated heterocycles. The molecule has 0 atom stereocenters. The van der Waals surface area contributed by atoms with Gasteiger partial charge < -0.3 is 11.1 Å². The first-order valence-corrected chi connectivity index (χ1v) is 3.66. The number of nitrogens with one attached hydrogen (secondary N) is 1. The molecule has 0 saturated carbocycles. The first kappa shape index (κ1) is 9.18. The molecule has 0 aromatic carbocycles. The van der Waals surface area contributed by atoms with Gasteiger partial charge in [-0.1, -0.05) is 6.58 Å². The monoisotopic (exact) mass is 178 g/mol. The van der Waals surface area contributed by atoms with Gasteiger partial charge in [0.1, 0.15) is 5.84 Å². The molecule has 0 unspecified atom stereocenters. The SMILES string of the molecule is C=C/N=C1/N=C(C)NC(=O)/C1=C/N. The van der Waals surface area contributed by atoms with E-state index >= 15 is 0 Å². The Morgan fingerprint density at radius 3 is 2.92 bits per heavy atom. The lowest BCUT2D eigenvalue weighted by Crippen LogP contribution is -2.37. The van der Waals surface area contributed by atoms with Crippen molar-refractivity contribution in [1.82, 2.24) is 5.32 Å². The lowest BCUT2D eigenvalue weighted by atomic mass is 10.2. The summed E-state index contributed by atoms with van der Waals surface area (Å²) in [6.07, 6.45) is 2.49. The summed E-state index contributed by atoms with van der Waals surface area (Å²) >= 11 is 0. The Balaban J connectivity index is 3.17. The van der Waals surface area contributed by atoms with Crippen LogP contribution in [0.4, 0.5) is 0 Å². The molecule has 1 aliphatic heterocycles. The average molecular weight is 178 g/mol. The highest BCUT2D eigenvalue weighted by molar-refractivity contribution is 6.29. The van der Waals surface area contributed by atoms with Crippen LogP contribution >= 0.6 is 0 Å². The van der Waals surface area contributed by atoms with Gasteiger partial charge in [0.2, 0.25) is 0 Å². The van der Waals surface area contributed by atoms with Gasteiger partial charge in [0.05, 0.1) is 5.57 Å². The van der Waals surface area contributed by atoms with Gasteiger partial charge in [-0.15, -0.1) is 0 Å². The minimum atomic E-state index is -0.296. The van der Waals surface area contributed by atoms with E-state index < -0.39 is 0 Å². The second-order valence-electron chi connectivity index (χ2n) is 2.37. The summed E-state index contributed by atoms with van der Waals surface area (Å²) in [6.45, 7) is 5.09. The van der Waals surface area contributed by atoms with E-state index in [4.69, 9.17) is 5.73 Å². The molecule has 0 aliphatic carbocycles. The van der Waals surface area contributed by atoms with Crippen LogP contribution in [0.1, 0.15) is 6.92 Å². The van der Waals surface area contributed by atoms with E-state index in [9.17, 15) is 4.79 Å². The first-order valence-electron chi connectivity index (χ1n) is 3.66. The highest BCUT2D eigenvalue weighted by Gasteiger charge is 2.20. The van der Waals surface area contributed by atoms with E-state index in [0.29, 0.717) is 11.7 Å². The molecule has 13 heavy (non-hydrogen) atoms. The van der Waals surface area contributed by atoms with Gasteiger partial charge in [-0.05, 0) is 6.92 Å². The van der Waals surface area contributed by atoms with Crippen molar-refractivity contribution in [3.05, 3.63) is 24.6 Å². The molecular weight excluding hydrogens is 168 g/mol. The molecule has 5 nitrogen and oxygen atoms in total. The predicted molar refractivity (Wildman–Crippen MR) is 51.2 cm³/mol. The van der Waals surface area contributed by atoms with Crippen molar-refractivity contribution in [2.75, 3.05) is 0 Å². The fourth-order valence-corrected chi connectivity index (χ4v) is 0.915. The minimum absolute atomic E-state index is 0.255. The molecule has 0 bridgehead atoms. The largest absolute Gasteiger partial charge is 0.404 e. The van der Waals surface area contributed by atoms with E-state index in [1.165, 1.54) is 12.4 Å². The number of carbonyl (C=O) groups excluding carboxylic acids is 1. The summed E-state index contributed by atoms with van der Waals surface area (Å²) in [5.74, 6) is 0.491. The van der Waals surface area contributed by atoms with Gasteiger partial charge in [-0.2, -0.15) is 0 Å². The topological polar surface area (TPSA) is 79.8 Å². The number of hydrogen-bond donors (Lipinski definition) is 2. The van der Waals surface area contributed by atoms with E-state index in [0.717, 1.165) is 0 Å². The summed E-state index contributed by atoms with van der Waals surface area (Å²) in [6, 6.07) is 0. The molecule has 0 aromatic rings. The summed E-state index contributed by atoms with van der Waals surface area (Å²) in [5.41, 5.74) is 5.51. The third kappa shape index (κ3) is 1.81. The number of amidine groups is 2. The molecular formula is C8H10N4O. The molecule has 1 rings (SSSR count). The van der Waals surface area contributed by atoms with Gasteiger partial charge in [0.25, 0.3) is 5.91 Å². The number of hydrogen-bond acceptors (Lipinski definition) is 3. The van der Waals surface area contributed by atoms with Crippen LogP contribution in [0.3, 0.4) is 0 Å². The van der Waals surface area contributed by atoms with Crippen molar-refractivity contribution in [1.29, 1.82) is 0 Å². The lowest BCUT2D eigenvalue weighted by molar-refractivity contribution is -0.115. The lowest BCUT2D eigenvalue weighted by Gasteiger charge is -2.13. The van der Waals surface area contributed by atoms with Crippen LogP contribution in [0.15, 0.2) is 34.5 Å². The van der Waals surface area contributed by atoms with Gasteiger partial charge in [-0.3, -0.25) is 4.79 Å². The zero-order valence-electron chi connectivity index (χ0n) is 7.24. The quantitative estimate of drug-likeness (QED) is 0.551. The van der Waals surface area contributed by atoms with Gasteiger partial charge in [0.15, 0.2) is 5.84 Å². The summed E-state index contributed by atoms with van der Waals surface area (Å²) in [5, 5.41) is 2.52. The number of nitrogens with two attached hydrogens (primary N) is 1. The Bertz CT molecular complexity index is 338. The van der Waals surface area contributed by atoms with Crippen LogP contribution in [0.2, 0.25) is 0 Å². The molecule has 0 radical (unpaired) electrons. The Hall–Kier alpha value is -1.91. The van der Waals surface area contributed by atoms with Crippen molar-refractivity contribution in [3.8, 4) is 0 Å². The fourth-order valence-electron chi connectivity index (χ4n) is 0.915. The molecule has 5 heteroatoms. The predicted octanol–water partition coefficient (Wildman–Crippen LogP) is -0.0808. The molecule has 1 aliphatic rings. The van der Waals surface area contributed by atoms with Crippen molar-refractivity contribution in [2.45, 2.75) is 6.92 Å². The minimum Gasteiger partial charge on any atom is -0.404 e. The number of amides is 1. The summed E-state index contributed by atoms with van der Waals surface area (Å²) in [7, 11) is 0. The Morgan fingerprint density at radius 1 is 1.69 bits per heavy atom. The van der Waals surface area contributed by atoms with E-state index in [2.05, 4.69) is 21.9 Å². The molecule has 0 fully saturated rings. The van der Waals surface area contributed by atoms with Crippen molar-refractivity contribution in [3.63, 3.8) is 0 Å². The highest BCUT2D eigenvalue weighted by Crippen LogP contribution is 2.04. The van der Waals surface area contributed by atoms with E-state index in [1.807, 2.05) is 0 Å². The Morgan fingerprint density at radius 2 is 2.38 bits per heavy atom. The van der Waals surface area contributed by atoms with Crippen LogP contribution in [0.5, 0.6) is 0 Å². The van der Waals surface area contributed by atoms with Crippen LogP contribution < -0.4 is 11.1 Å². The first-order chi connectivity index (χ1) is 6.19. The molecule has 3 N–H and O–H groups in total. The van der Waals surface area contributed by atoms with Gasteiger partial charge >= 0.3 is 0 Å². The third-order valence-electron chi connectivity index (χ3n) is 1.43. The van der Waals surface area contributed by atoms with Crippen LogP contribution in [0.25, 0.3) is 0 Å². The molecule has 0 spiro atoms. The number of nitrogens with zero attached hydrogens (tertiary/aromatic N) is 2. The second-order valence-corrected chi connectivity index (χ2v) is 2.37. The molecule has 0 aromatic heterocycles. The highest BCUT2D eigenvalue weighted by atomic mass is 16.1. The summed E-state index contributed by atoms with van der Waals surface area (Å²) in [4.78, 5) is 19.1. The number of rotatable bonds is 1. The smallest absolute Gasteiger partial charge is 0.261 e.